The first kappa shape index (κ1) is 24.5. The zero-order valence-electron chi connectivity index (χ0n) is 18.5. The number of rotatable bonds is 10. The molecule has 0 aliphatic carbocycles. The van der Waals surface area contributed by atoms with Gasteiger partial charge in [-0.2, -0.15) is 0 Å². The Kier molecular flexibility index (Phi) is 8.30. The van der Waals surface area contributed by atoms with Gasteiger partial charge in [-0.3, -0.25) is 9.59 Å². The topological polar surface area (TPSA) is 103 Å². The van der Waals surface area contributed by atoms with Crippen LogP contribution in [0.15, 0.2) is 47.8 Å². The molecule has 0 bridgehead atoms. The second-order valence-electron chi connectivity index (χ2n) is 7.67. The van der Waals surface area contributed by atoms with Gasteiger partial charge in [0.2, 0.25) is 5.78 Å². The highest BCUT2D eigenvalue weighted by Crippen LogP contribution is 2.21. The summed E-state index contributed by atoms with van der Waals surface area (Å²) in [7, 11) is 0. The van der Waals surface area contributed by atoms with Crippen LogP contribution in [0.3, 0.4) is 0 Å². The Morgan fingerprint density at radius 3 is 2.55 bits per heavy atom. The number of amides is 2. The van der Waals surface area contributed by atoms with E-state index >= 15 is 0 Å². The smallest absolute Gasteiger partial charge is 0.312 e. The summed E-state index contributed by atoms with van der Waals surface area (Å²) in [5.41, 5.74) is 8.25. The van der Waals surface area contributed by atoms with Crippen LogP contribution in [0.4, 0.5) is 4.79 Å². The Morgan fingerprint density at radius 1 is 1.18 bits per heavy atom. The molecule has 0 fully saturated rings. The largest absolute Gasteiger partial charge is 0.457 e. The lowest BCUT2D eigenvalue weighted by molar-refractivity contribution is -0.143. The van der Waals surface area contributed by atoms with Crippen molar-refractivity contribution < 1.29 is 19.1 Å². The fourth-order valence-electron chi connectivity index (χ4n) is 3.67. The molecular formula is C24H26ClN3O4S. The van der Waals surface area contributed by atoms with Gasteiger partial charge in [0.15, 0.2) is 6.61 Å². The predicted octanol–water partition coefficient (Wildman–Crippen LogP) is 4.59. The summed E-state index contributed by atoms with van der Waals surface area (Å²) in [4.78, 5) is 37.8. The number of primary amides is 1. The molecule has 2 aromatic heterocycles. The number of nitrogens with zero attached hydrogens (tertiary/aromatic N) is 1. The molecule has 0 saturated heterocycles. The molecule has 2 heterocycles. The van der Waals surface area contributed by atoms with E-state index < -0.39 is 18.0 Å². The van der Waals surface area contributed by atoms with Gasteiger partial charge in [0.05, 0.1) is 12.5 Å². The zero-order chi connectivity index (χ0) is 24.0. The van der Waals surface area contributed by atoms with E-state index in [2.05, 4.69) is 16.0 Å². The van der Waals surface area contributed by atoms with Gasteiger partial charge in [-0.1, -0.05) is 29.8 Å². The first-order valence-electron chi connectivity index (χ1n) is 10.4. The van der Waals surface area contributed by atoms with Gasteiger partial charge < -0.3 is 20.4 Å². The van der Waals surface area contributed by atoms with E-state index in [0.29, 0.717) is 16.1 Å². The van der Waals surface area contributed by atoms with Crippen molar-refractivity contribution in [1.82, 2.24) is 9.88 Å². The normalized spacial score (nSPS) is 11.7. The minimum atomic E-state index is -0.770. The highest BCUT2D eigenvalue weighted by molar-refractivity contribution is 7.09. The number of nitrogens with one attached hydrogen (secondary N) is 1. The highest BCUT2D eigenvalue weighted by Gasteiger charge is 2.21. The summed E-state index contributed by atoms with van der Waals surface area (Å²) in [5, 5.41) is 5.09. The van der Waals surface area contributed by atoms with Gasteiger partial charge in [-0.15, -0.1) is 11.3 Å². The summed E-state index contributed by atoms with van der Waals surface area (Å²) in [6.45, 7) is 4.24. The average molecular weight is 488 g/mol. The molecule has 2 amide bonds. The SMILES string of the molecule is Cc1cc(C(=O)COC(=O)C[C@H](NC(N)=O)c2ccc(Cl)cc2)c(C)n1CCc1cccs1. The van der Waals surface area contributed by atoms with E-state index in [9.17, 15) is 14.4 Å². The van der Waals surface area contributed by atoms with Crippen LogP contribution >= 0.6 is 22.9 Å². The van der Waals surface area contributed by atoms with E-state index in [1.165, 1.54) is 4.88 Å². The van der Waals surface area contributed by atoms with Gasteiger partial charge in [0.1, 0.15) is 0 Å². The molecule has 0 aliphatic heterocycles. The van der Waals surface area contributed by atoms with Crippen molar-refractivity contribution in [2.75, 3.05) is 6.61 Å². The number of esters is 1. The van der Waals surface area contributed by atoms with Crippen LogP contribution in [0.2, 0.25) is 5.02 Å². The number of aryl methyl sites for hydroxylation is 2. The molecule has 0 spiro atoms. The fraction of sp³-hybridized carbons (Fsp3) is 0.292. The molecule has 0 saturated carbocycles. The van der Waals surface area contributed by atoms with Crippen LogP contribution in [-0.4, -0.2) is 29.0 Å². The Balaban J connectivity index is 1.60. The predicted molar refractivity (Wildman–Crippen MR) is 129 cm³/mol. The number of hydrogen-bond acceptors (Lipinski definition) is 5. The molecule has 33 heavy (non-hydrogen) atoms. The molecule has 3 aromatic rings. The van der Waals surface area contributed by atoms with Crippen molar-refractivity contribution in [2.45, 2.75) is 39.3 Å². The molecule has 174 valence electrons. The minimum absolute atomic E-state index is 0.169. The number of benzene rings is 1. The molecule has 0 aliphatic rings. The Labute approximate surface area is 201 Å². The number of aromatic nitrogens is 1. The number of hydrogen-bond donors (Lipinski definition) is 2. The maximum atomic E-state index is 12.7. The molecule has 1 aromatic carbocycles. The van der Waals surface area contributed by atoms with Gasteiger partial charge in [0.25, 0.3) is 0 Å². The number of halogens is 1. The lowest BCUT2D eigenvalue weighted by Gasteiger charge is -2.17. The first-order chi connectivity index (χ1) is 15.7. The fourth-order valence-corrected chi connectivity index (χ4v) is 4.50. The van der Waals surface area contributed by atoms with Crippen molar-refractivity contribution in [2.24, 2.45) is 5.73 Å². The molecule has 1 atom stereocenters. The Morgan fingerprint density at radius 2 is 1.91 bits per heavy atom. The number of carbonyl (C=O) groups excluding carboxylic acids is 3. The quantitative estimate of drug-likeness (QED) is 0.322. The third-order valence-corrected chi connectivity index (χ3v) is 6.55. The first-order valence-corrected chi connectivity index (χ1v) is 11.7. The van der Waals surface area contributed by atoms with Gasteiger partial charge in [0, 0.05) is 33.4 Å². The molecule has 3 rings (SSSR count). The lowest BCUT2D eigenvalue weighted by Crippen LogP contribution is -2.34. The molecule has 3 N–H and O–H groups in total. The number of thiophene rings is 1. The van der Waals surface area contributed by atoms with Crippen LogP contribution in [-0.2, 0) is 22.5 Å². The van der Waals surface area contributed by atoms with E-state index in [4.69, 9.17) is 22.1 Å². The standard InChI is InChI=1S/C24H26ClN3O4S/c1-15-12-20(16(2)28(15)10-9-19-4-3-11-33-19)22(29)14-32-23(30)13-21(27-24(26)31)17-5-7-18(25)8-6-17/h3-8,11-12,21H,9-10,13-14H2,1-2H3,(H3,26,27,31)/t21-/m0/s1. The number of urea groups is 1. The monoisotopic (exact) mass is 487 g/mol. The van der Waals surface area contributed by atoms with Crippen molar-refractivity contribution in [1.29, 1.82) is 0 Å². The van der Waals surface area contributed by atoms with E-state index in [-0.39, 0.29) is 18.8 Å². The van der Waals surface area contributed by atoms with E-state index in [1.807, 2.05) is 31.4 Å². The van der Waals surface area contributed by atoms with Gasteiger partial charge in [-0.05, 0) is 55.5 Å². The number of carbonyl (C=O) groups is 3. The van der Waals surface area contributed by atoms with Gasteiger partial charge in [-0.25, -0.2) is 4.79 Å². The molecule has 0 radical (unpaired) electrons. The number of Topliss-reactive ketones (excluding diaryl/α,β-unsaturated/α-hetero) is 1. The lowest BCUT2D eigenvalue weighted by atomic mass is 10.0. The summed E-state index contributed by atoms with van der Waals surface area (Å²) in [5.74, 6) is -0.895. The summed E-state index contributed by atoms with van der Waals surface area (Å²) >= 11 is 7.61. The van der Waals surface area contributed by atoms with Crippen LogP contribution in [0.25, 0.3) is 0 Å². The molecule has 7 nitrogen and oxygen atoms in total. The van der Waals surface area contributed by atoms with Gasteiger partial charge >= 0.3 is 12.0 Å². The van der Waals surface area contributed by atoms with Crippen LogP contribution in [0.5, 0.6) is 0 Å². The summed E-state index contributed by atoms with van der Waals surface area (Å²) < 4.78 is 7.32. The second-order valence-corrected chi connectivity index (χ2v) is 9.14. The van der Waals surface area contributed by atoms with Crippen molar-refractivity contribution in [3.63, 3.8) is 0 Å². The molecule has 9 heteroatoms. The average Bonchev–Trinajstić information content (AvgIpc) is 3.38. The number of ketones is 1. The summed E-state index contributed by atoms with van der Waals surface area (Å²) in [6, 6.07) is 11.2. The summed E-state index contributed by atoms with van der Waals surface area (Å²) in [6.07, 6.45) is 0.716. The third kappa shape index (κ3) is 6.69. The molecule has 0 unspecified atom stereocenters. The Bertz CT molecular complexity index is 1120. The van der Waals surface area contributed by atoms with E-state index in [0.717, 1.165) is 24.4 Å². The second kappa shape index (κ2) is 11.2. The van der Waals surface area contributed by atoms with Crippen LogP contribution in [0.1, 0.15) is 44.6 Å². The third-order valence-electron chi connectivity index (χ3n) is 5.36. The van der Waals surface area contributed by atoms with Crippen LogP contribution in [0, 0.1) is 13.8 Å². The minimum Gasteiger partial charge on any atom is -0.457 e. The van der Waals surface area contributed by atoms with Crippen molar-refractivity contribution in [3.8, 4) is 0 Å². The van der Waals surface area contributed by atoms with Crippen molar-refractivity contribution >= 4 is 40.7 Å². The van der Waals surface area contributed by atoms with Crippen molar-refractivity contribution in [3.05, 3.63) is 80.3 Å². The Hall–Kier alpha value is -3.10. The maximum absolute atomic E-state index is 12.7. The number of nitrogens with two attached hydrogens (primary N) is 1. The highest BCUT2D eigenvalue weighted by atomic mass is 35.5. The van der Waals surface area contributed by atoms with E-state index in [1.54, 1.807) is 35.6 Å². The van der Waals surface area contributed by atoms with Crippen LogP contribution < -0.4 is 11.1 Å². The molecular weight excluding hydrogens is 462 g/mol. The number of ether oxygens (including phenoxy) is 1. The zero-order valence-corrected chi connectivity index (χ0v) is 20.0. The maximum Gasteiger partial charge on any atom is 0.312 e.